The number of hydrogen-bond donors (Lipinski definition) is 2. The van der Waals surface area contributed by atoms with E-state index in [-0.39, 0.29) is 5.54 Å². The average molecular weight is 325 g/mol. The molecule has 0 spiro atoms. The first-order valence-electron chi connectivity index (χ1n) is 7.31. The van der Waals surface area contributed by atoms with Crippen LogP contribution in [-0.2, 0) is 0 Å². The van der Waals surface area contributed by atoms with Gasteiger partial charge in [0.05, 0.1) is 5.54 Å². The topological polar surface area (TPSA) is 38.0 Å². The molecule has 1 aliphatic rings. The van der Waals surface area contributed by atoms with Crippen LogP contribution in [0, 0.1) is 11.8 Å². The number of rotatable bonds is 4. The summed E-state index contributed by atoms with van der Waals surface area (Å²) in [4.78, 5) is 0. The van der Waals surface area contributed by atoms with Crippen LogP contribution < -0.4 is 11.1 Å². The van der Waals surface area contributed by atoms with Crippen LogP contribution >= 0.6 is 15.9 Å². The molecule has 1 aromatic carbocycles. The number of halogens is 1. The molecule has 3 heteroatoms. The van der Waals surface area contributed by atoms with Crippen LogP contribution in [0.15, 0.2) is 28.7 Å². The zero-order chi connectivity index (χ0) is 13.9. The van der Waals surface area contributed by atoms with E-state index in [2.05, 4.69) is 59.4 Å². The third-order valence-electron chi connectivity index (χ3n) is 4.50. The van der Waals surface area contributed by atoms with Crippen molar-refractivity contribution in [3.05, 3.63) is 28.7 Å². The second-order valence-corrected chi connectivity index (χ2v) is 7.00. The molecule has 0 heterocycles. The highest BCUT2D eigenvalue weighted by molar-refractivity contribution is 9.10. The first kappa shape index (κ1) is 14.9. The fourth-order valence-electron chi connectivity index (χ4n) is 3.52. The Morgan fingerprint density at radius 2 is 2.00 bits per heavy atom. The molecule has 1 aliphatic carbocycles. The molecule has 106 valence electrons. The number of nitrogens with two attached hydrogens (primary N) is 1. The van der Waals surface area contributed by atoms with Crippen molar-refractivity contribution in [1.82, 2.24) is 0 Å². The molecule has 0 bridgehead atoms. The normalized spacial score (nSPS) is 27.5. The van der Waals surface area contributed by atoms with E-state index in [1.165, 1.54) is 31.4 Å². The lowest BCUT2D eigenvalue weighted by Crippen LogP contribution is -2.55. The lowest BCUT2D eigenvalue weighted by atomic mass is 9.67. The van der Waals surface area contributed by atoms with Crippen LogP contribution in [0.4, 0.5) is 5.69 Å². The van der Waals surface area contributed by atoms with E-state index in [4.69, 9.17) is 5.73 Å². The van der Waals surface area contributed by atoms with Crippen LogP contribution in [0.3, 0.4) is 0 Å². The summed E-state index contributed by atoms with van der Waals surface area (Å²) >= 11 is 3.48. The molecular formula is C16H25BrN2. The molecule has 0 radical (unpaired) electrons. The third-order valence-corrected chi connectivity index (χ3v) is 5.03. The van der Waals surface area contributed by atoms with Gasteiger partial charge in [0.15, 0.2) is 0 Å². The maximum Gasteiger partial charge on any atom is 0.0526 e. The van der Waals surface area contributed by atoms with E-state index < -0.39 is 0 Å². The first-order chi connectivity index (χ1) is 9.07. The maximum absolute atomic E-state index is 6.17. The smallest absolute Gasteiger partial charge is 0.0526 e. The molecule has 2 rings (SSSR count). The van der Waals surface area contributed by atoms with Crippen LogP contribution in [0.25, 0.3) is 0 Å². The van der Waals surface area contributed by atoms with Gasteiger partial charge in [-0.3, -0.25) is 0 Å². The predicted octanol–water partition coefficient (Wildman–Crippen LogP) is 4.40. The monoisotopic (exact) mass is 324 g/mol. The van der Waals surface area contributed by atoms with E-state index in [0.717, 1.165) is 4.47 Å². The van der Waals surface area contributed by atoms with Crippen molar-refractivity contribution in [2.24, 2.45) is 17.6 Å². The molecule has 19 heavy (non-hydrogen) atoms. The molecule has 1 aromatic rings. The van der Waals surface area contributed by atoms with Gasteiger partial charge in [-0.2, -0.15) is 0 Å². The van der Waals surface area contributed by atoms with Gasteiger partial charge in [0, 0.05) is 16.7 Å². The van der Waals surface area contributed by atoms with E-state index in [1.54, 1.807) is 0 Å². The summed E-state index contributed by atoms with van der Waals surface area (Å²) in [6.07, 6.45) is 5.09. The Morgan fingerprint density at radius 3 is 2.58 bits per heavy atom. The molecular weight excluding hydrogens is 300 g/mol. The van der Waals surface area contributed by atoms with Crippen LogP contribution in [0.5, 0.6) is 0 Å². The second-order valence-electron chi connectivity index (χ2n) is 6.09. The zero-order valence-electron chi connectivity index (χ0n) is 12.0. The largest absolute Gasteiger partial charge is 0.378 e. The van der Waals surface area contributed by atoms with Gasteiger partial charge in [-0.25, -0.2) is 0 Å². The first-order valence-corrected chi connectivity index (χ1v) is 8.10. The molecule has 2 atom stereocenters. The van der Waals surface area contributed by atoms with Crippen molar-refractivity contribution < 1.29 is 0 Å². The van der Waals surface area contributed by atoms with Crippen molar-refractivity contribution in [2.45, 2.75) is 45.1 Å². The van der Waals surface area contributed by atoms with Crippen molar-refractivity contribution in [2.75, 3.05) is 11.9 Å². The Balaban J connectivity index is 2.22. The number of anilines is 1. The fraction of sp³-hybridized carbons (Fsp3) is 0.625. The minimum atomic E-state index is 0.0697. The third kappa shape index (κ3) is 3.32. The second kappa shape index (κ2) is 6.27. The zero-order valence-corrected chi connectivity index (χ0v) is 13.5. The van der Waals surface area contributed by atoms with Crippen molar-refractivity contribution in [3.8, 4) is 0 Å². The molecule has 0 amide bonds. The summed E-state index contributed by atoms with van der Waals surface area (Å²) < 4.78 is 1.11. The highest BCUT2D eigenvalue weighted by Gasteiger charge is 2.40. The van der Waals surface area contributed by atoms with Gasteiger partial charge < -0.3 is 11.1 Å². The van der Waals surface area contributed by atoms with Crippen LogP contribution in [-0.4, -0.2) is 12.1 Å². The summed E-state index contributed by atoms with van der Waals surface area (Å²) in [7, 11) is 0. The summed E-state index contributed by atoms with van der Waals surface area (Å²) in [6.45, 7) is 5.36. The number of benzene rings is 1. The minimum Gasteiger partial charge on any atom is -0.378 e. The SMILES string of the molecule is CC(C)C1CCCCC1(CN)Nc1ccc(Br)cc1. The van der Waals surface area contributed by atoms with Crippen molar-refractivity contribution in [1.29, 1.82) is 0 Å². The van der Waals surface area contributed by atoms with Crippen molar-refractivity contribution in [3.63, 3.8) is 0 Å². The van der Waals surface area contributed by atoms with Gasteiger partial charge >= 0.3 is 0 Å². The summed E-state index contributed by atoms with van der Waals surface area (Å²) in [5.74, 6) is 1.33. The number of nitrogens with one attached hydrogen (secondary N) is 1. The molecule has 2 nitrogen and oxygen atoms in total. The molecule has 2 unspecified atom stereocenters. The molecule has 1 fully saturated rings. The Kier molecular flexibility index (Phi) is 4.91. The van der Waals surface area contributed by atoms with Gasteiger partial charge in [-0.15, -0.1) is 0 Å². The van der Waals surface area contributed by atoms with Gasteiger partial charge in [-0.1, -0.05) is 42.6 Å². The average Bonchev–Trinajstić information content (AvgIpc) is 2.41. The van der Waals surface area contributed by atoms with E-state index in [1.807, 2.05) is 0 Å². The summed E-state index contributed by atoms with van der Waals surface area (Å²) in [5.41, 5.74) is 7.42. The highest BCUT2D eigenvalue weighted by atomic mass is 79.9. The van der Waals surface area contributed by atoms with Gasteiger partial charge in [0.25, 0.3) is 0 Å². The number of hydrogen-bond acceptors (Lipinski definition) is 2. The van der Waals surface area contributed by atoms with E-state index in [9.17, 15) is 0 Å². The fourth-order valence-corrected chi connectivity index (χ4v) is 3.78. The minimum absolute atomic E-state index is 0.0697. The van der Waals surface area contributed by atoms with Gasteiger partial charge in [0.2, 0.25) is 0 Å². The lowest BCUT2D eigenvalue weighted by Gasteiger charge is -2.47. The van der Waals surface area contributed by atoms with Crippen LogP contribution in [0.1, 0.15) is 39.5 Å². The van der Waals surface area contributed by atoms with Gasteiger partial charge in [-0.05, 0) is 48.9 Å². The Bertz CT molecular complexity index is 402. The molecule has 3 N–H and O–H groups in total. The van der Waals surface area contributed by atoms with Gasteiger partial charge in [0.1, 0.15) is 0 Å². The molecule has 0 aromatic heterocycles. The Morgan fingerprint density at radius 1 is 1.32 bits per heavy atom. The molecule has 0 aliphatic heterocycles. The molecule has 1 saturated carbocycles. The standard InChI is InChI=1S/C16H25BrN2/c1-12(2)15-5-3-4-10-16(15,11-18)19-14-8-6-13(17)7-9-14/h6-9,12,15,19H,3-5,10-11,18H2,1-2H3. The summed E-state index contributed by atoms with van der Waals surface area (Å²) in [6, 6.07) is 8.43. The van der Waals surface area contributed by atoms with Crippen molar-refractivity contribution >= 4 is 21.6 Å². The predicted molar refractivity (Wildman–Crippen MR) is 86.3 cm³/mol. The molecule has 0 saturated heterocycles. The van der Waals surface area contributed by atoms with E-state index >= 15 is 0 Å². The quantitative estimate of drug-likeness (QED) is 0.861. The Hall–Kier alpha value is -0.540. The lowest BCUT2D eigenvalue weighted by molar-refractivity contribution is 0.166. The maximum atomic E-state index is 6.17. The highest BCUT2D eigenvalue weighted by Crippen LogP contribution is 2.40. The Labute approximate surface area is 125 Å². The van der Waals surface area contributed by atoms with E-state index in [0.29, 0.717) is 18.4 Å². The van der Waals surface area contributed by atoms with Crippen LogP contribution in [0.2, 0.25) is 0 Å². The summed E-state index contributed by atoms with van der Waals surface area (Å²) in [5, 5.41) is 3.76.